The highest BCUT2D eigenvalue weighted by Gasteiger charge is 1.92. The molecule has 4 nitrogen and oxygen atoms in total. The number of ether oxygens (including phenoxy) is 1. The van der Waals surface area contributed by atoms with Gasteiger partial charge in [0.1, 0.15) is 5.75 Å². The van der Waals surface area contributed by atoms with E-state index in [-0.39, 0.29) is 0 Å². The van der Waals surface area contributed by atoms with E-state index in [1.54, 1.807) is 19.4 Å². The Bertz CT molecular complexity index is 250. The zero-order valence-corrected chi connectivity index (χ0v) is 6.07. The molecule has 11 heavy (non-hydrogen) atoms. The van der Waals surface area contributed by atoms with E-state index in [9.17, 15) is 4.79 Å². The Morgan fingerprint density at radius 2 is 2.45 bits per heavy atom. The highest BCUT2D eigenvalue weighted by molar-refractivity contribution is 5.71. The number of hydrogen-bond acceptors (Lipinski definition) is 3. The fraction of sp³-hybridized carbons (Fsp3) is 0.143. The number of nitrogens with one attached hydrogen (secondary N) is 1. The van der Waals surface area contributed by atoms with Gasteiger partial charge in [-0.15, -0.1) is 0 Å². The second kappa shape index (κ2) is 3.55. The lowest BCUT2D eigenvalue weighted by Crippen LogP contribution is -1.94. The number of hydrogen-bond donors (Lipinski definition) is 1. The maximum Gasteiger partial charge on any atom is 0.211 e. The second-order valence-corrected chi connectivity index (χ2v) is 1.88. The Balaban J connectivity index is 2.82. The Morgan fingerprint density at radius 3 is 3.09 bits per heavy atom. The van der Waals surface area contributed by atoms with Gasteiger partial charge in [-0.2, -0.15) is 0 Å². The number of carbonyl (C=O) groups excluding carboxylic acids is 1. The van der Waals surface area contributed by atoms with Crippen molar-refractivity contribution >= 4 is 12.1 Å². The Morgan fingerprint density at radius 1 is 1.64 bits per heavy atom. The summed E-state index contributed by atoms with van der Waals surface area (Å²) in [6.07, 6.45) is 3.70. The lowest BCUT2D eigenvalue weighted by molar-refractivity contribution is -0.105. The molecule has 1 heterocycles. The van der Waals surface area contributed by atoms with E-state index < -0.39 is 0 Å². The molecule has 0 saturated heterocycles. The van der Waals surface area contributed by atoms with Gasteiger partial charge in [0.25, 0.3) is 0 Å². The largest absolute Gasteiger partial charge is 0.495 e. The molecule has 0 spiro atoms. The monoisotopic (exact) mass is 152 g/mol. The molecule has 0 radical (unpaired) electrons. The minimum Gasteiger partial charge on any atom is -0.495 e. The van der Waals surface area contributed by atoms with Gasteiger partial charge >= 0.3 is 0 Å². The van der Waals surface area contributed by atoms with Crippen molar-refractivity contribution < 1.29 is 9.53 Å². The summed E-state index contributed by atoms with van der Waals surface area (Å²) in [5, 5.41) is 2.46. The second-order valence-electron chi connectivity index (χ2n) is 1.88. The highest BCUT2D eigenvalue weighted by Crippen LogP contribution is 2.13. The summed E-state index contributed by atoms with van der Waals surface area (Å²) in [6, 6.07) is 1.68. The minimum atomic E-state index is 0.594. The highest BCUT2D eigenvalue weighted by atomic mass is 16.5. The van der Waals surface area contributed by atoms with Crippen molar-refractivity contribution in [3.05, 3.63) is 18.5 Å². The standard InChI is InChI=1S/C7H8N2O2/c1-11-7-2-6(9-5-10)3-8-4-7/h2-5H,1H3,(H,9,10). The van der Waals surface area contributed by atoms with Crippen LogP contribution in [0.2, 0.25) is 0 Å². The van der Waals surface area contributed by atoms with Crippen LogP contribution in [0.15, 0.2) is 18.5 Å². The molecule has 4 heteroatoms. The van der Waals surface area contributed by atoms with Crippen molar-refractivity contribution in [2.75, 3.05) is 12.4 Å². The fourth-order valence-corrected chi connectivity index (χ4v) is 0.677. The van der Waals surface area contributed by atoms with Crippen molar-refractivity contribution in [2.24, 2.45) is 0 Å². The molecular formula is C7H8N2O2. The van der Waals surface area contributed by atoms with Crippen molar-refractivity contribution in [2.45, 2.75) is 0 Å². The van der Waals surface area contributed by atoms with Crippen molar-refractivity contribution in [1.29, 1.82) is 0 Å². The molecule has 1 N–H and O–H groups in total. The first-order valence-corrected chi connectivity index (χ1v) is 3.06. The van der Waals surface area contributed by atoms with Crippen molar-refractivity contribution in [3.8, 4) is 5.75 Å². The van der Waals surface area contributed by atoms with E-state index in [0.29, 0.717) is 17.8 Å². The summed E-state index contributed by atoms with van der Waals surface area (Å²) in [7, 11) is 1.54. The van der Waals surface area contributed by atoms with Crippen LogP contribution in [-0.2, 0) is 4.79 Å². The van der Waals surface area contributed by atoms with Crippen LogP contribution in [0.25, 0.3) is 0 Å². The van der Waals surface area contributed by atoms with Gasteiger partial charge in [0.15, 0.2) is 0 Å². The average molecular weight is 152 g/mol. The minimum absolute atomic E-state index is 0.594. The molecule has 1 aromatic rings. The number of rotatable bonds is 3. The van der Waals surface area contributed by atoms with Crippen LogP contribution >= 0.6 is 0 Å². The van der Waals surface area contributed by atoms with Gasteiger partial charge in [-0.25, -0.2) is 0 Å². The predicted molar refractivity (Wildman–Crippen MR) is 40.5 cm³/mol. The molecular weight excluding hydrogens is 144 g/mol. The van der Waals surface area contributed by atoms with Gasteiger partial charge in [0, 0.05) is 6.07 Å². The summed E-state index contributed by atoms with van der Waals surface area (Å²) in [5.74, 6) is 0.622. The van der Waals surface area contributed by atoms with Gasteiger partial charge < -0.3 is 10.1 Å². The number of anilines is 1. The Hall–Kier alpha value is -1.58. The van der Waals surface area contributed by atoms with Crippen LogP contribution < -0.4 is 10.1 Å². The molecule has 58 valence electrons. The summed E-state index contributed by atoms with van der Waals surface area (Å²) in [6.45, 7) is 0. The van der Waals surface area contributed by atoms with E-state index in [2.05, 4.69) is 10.3 Å². The zero-order valence-electron chi connectivity index (χ0n) is 6.07. The number of aromatic nitrogens is 1. The molecule has 1 amide bonds. The third kappa shape index (κ3) is 1.93. The van der Waals surface area contributed by atoms with Crippen LogP contribution in [-0.4, -0.2) is 18.5 Å². The van der Waals surface area contributed by atoms with Crippen molar-refractivity contribution in [3.63, 3.8) is 0 Å². The maximum atomic E-state index is 9.99. The first-order valence-electron chi connectivity index (χ1n) is 3.06. The lowest BCUT2D eigenvalue weighted by atomic mass is 10.4. The smallest absolute Gasteiger partial charge is 0.211 e. The number of carbonyl (C=O) groups is 1. The van der Waals surface area contributed by atoms with E-state index in [1.165, 1.54) is 6.20 Å². The normalized spacial score (nSPS) is 8.82. The number of nitrogens with zero attached hydrogens (tertiary/aromatic N) is 1. The molecule has 1 rings (SSSR count). The van der Waals surface area contributed by atoms with Gasteiger partial charge in [-0.1, -0.05) is 0 Å². The van der Waals surface area contributed by atoms with Crippen LogP contribution in [0.5, 0.6) is 5.75 Å². The summed E-state index contributed by atoms with van der Waals surface area (Å²) in [4.78, 5) is 13.8. The maximum absolute atomic E-state index is 9.99. The predicted octanol–water partition coefficient (Wildman–Crippen LogP) is 0.658. The molecule has 0 aliphatic heterocycles. The number of methoxy groups -OCH3 is 1. The average Bonchev–Trinajstić information content (AvgIpc) is 2.06. The van der Waals surface area contributed by atoms with E-state index >= 15 is 0 Å². The summed E-state index contributed by atoms with van der Waals surface area (Å²) >= 11 is 0. The van der Waals surface area contributed by atoms with E-state index in [1.807, 2.05) is 0 Å². The molecule has 0 unspecified atom stereocenters. The Kier molecular flexibility index (Phi) is 2.43. The quantitative estimate of drug-likeness (QED) is 0.647. The first-order chi connectivity index (χ1) is 5.36. The molecule has 0 bridgehead atoms. The molecule has 0 aliphatic rings. The SMILES string of the molecule is COc1cncc(NC=O)c1. The van der Waals surface area contributed by atoms with Crippen LogP contribution in [0.3, 0.4) is 0 Å². The van der Waals surface area contributed by atoms with Crippen LogP contribution in [0, 0.1) is 0 Å². The number of pyridine rings is 1. The third-order valence-electron chi connectivity index (χ3n) is 1.17. The van der Waals surface area contributed by atoms with E-state index in [0.717, 1.165) is 0 Å². The molecule has 0 saturated carbocycles. The van der Waals surface area contributed by atoms with Gasteiger partial charge in [-0.3, -0.25) is 9.78 Å². The zero-order chi connectivity index (χ0) is 8.10. The van der Waals surface area contributed by atoms with Gasteiger partial charge in [0.2, 0.25) is 6.41 Å². The van der Waals surface area contributed by atoms with Gasteiger partial charge in [0.05, 0.1) is 25.2 Å². The molecule has 0 aromatic carbocycles. The lowest BCUT2D eigenvalue weighted by Gasteiger charge is -2.00. The fourth-order valence-electron chi connectivity index (χ4n) is 0.677. The van der Waals surface area contributed by atoms with E-state index in [4.69, 9.17) is 4.74 Å². The number of amides is 1. The van der Waals surface area contributed by atoms with Crippen LogP contribution in [0.1, 0.15) is 0 Å². The summed E-state index contributed by atoms with van der Waals surface area (Å²) < 4.78 is 4.88. The molecule has 0 fully saturated rings. The van der Waals surface area contributed by atoms with Crippen molar-refractivity contribution in [1.82, 2.24) is 4.98 Å². The molecule has 0 atom stereocenters. The Labute approximate surface area is 64.2 Å². The molecule has 1 aromatic heterocycles. The van der Waals surface area contributed by atoms with Gasteiger partial charge in [-0.05, 0) is 0 Å². The summed E-state index contributed by atoms with van der Waals surface area (Å²) in [5.41, 5.74) is 0.624. The van der Waals surface area contributed by atoms with Crippen LogP contribution in [0.4, 0.5) is 5.69 Å². The molecule has 0 aliphatic carbocycles. The topological polar surface area (TPSA) is 51.2 Å². The third-order valence-corrected chi connectivity index (χ3v) is 1.17. The first kappa shape index (κ1) is 7.53.